The maximum Gasteiger partial charge on any atom is 0.276 e. The molecule has 30 heavy (non-hydrogen) atoms. The van der Waals surface area contributed by atoms with Gasteiger partial charge in [0.25, 0.3) is 5.91 Å². The summed E-state index contributed by atoms with van der Waals surface area (Å²) in [5.41, 5.74) is 3.55. The first-order valence-corrected chi connectivity index (χ1v) is 9.98. The normalized spacial score (nSPS) is 14.8. The lowest BCUT2D eigenvalue weighted by Gasteiger charge is -2.22. The Morgan fingerprint density at radius 3 is 2.70 bits per heavy atom. The third kappa shape index (κ3) is 3.57. The van der Waals surface area contributed by atoms with Gasteiger partial charge in [0.15, 0.2) is 5.69 Å². The maximum atomic E-state index is 13.1. The molecule has 0 spiro atoms. The van der Waals surface area contributed by atoms with Crippen LogP contribution in [0.25, 0.3) is 22.0 Å². The summed E-state index contributed by atoms with van der Waals surface area (Å²) in [6.07, 6.45) is 6.06. The number of H-pyrrole nitrogens is 1. The Hall–Kier alpha value is -3.52. The number of rotatable bonds is 4. The average Bonchev–Trinajstić information content (AvgIpc) is 3.43. The molecule has 8 heteroatoms. The van der Waals surface area contributed by atoms with Crippen LogP contribution in [0, 0.1) is 5.82 Å². The van der Waals surface area contributed by atoms with Crippen molar-refractivity contribution in [2.45, 2.75) is 18.9 Å². The van der Waals surface area contributed by atoms with E-state index < -0.39 is 0 Å². The van der Waals surface area contributed by atoms with Gasteiger partial charge in [0.05, 0.1) is 17.8 Å². The van der Waals surface area contributed by atoms with E-state index in [1.54, 1.807) is 0 Å². The summed E-state index contributed by atoms with van der Waals surface area (Å²) in [5, 5.41) is 18.5. The Kier molecular flexibility index (Phi) is 4.76. The van der Waals surface area contributed by atoms with E-state index >= 15 is 0 Å². The van der Waals surface area contributed by atoms with Gasteiger partial charge in [-0.25, -0.2) is 4.39 Å². The summed E-state index contributed by atoms with van der Waals surface area (Å²) in [6, 6.07) is 11.9. The molecule has 0 unspecified atom stereocenters. The third-order valence-corrected chi connectivity index (χ3v) is 5.50. The van der Waals surface area contributed by atoms with Crippen LogP contribution in [0.15, 0.2) is 54.9 Å². The van der Waals surface area contributed by atoms with Crippen molar-refractivity contribution in [1.82, 2.24) is 25.3 Å². The number of aromatic amines is 1. The number of aromatic nitrogens is 4. The van der Waals surface area contributed by atoms with Gasteiger partial charge in [-0.3, -0.25) is 14.6 Å². The molecular formula is C22H21FN6O. The second-order valence-corrected chi connectivity index (χ2v) is 7.48. The predicted octanol–water partition coefficient (Wildman–Crippen LogP) is 3.74. The highest BCUT2D eigenvalue weighted by atomic mass is 19.1. The van der Waals surface area contributed by atoms with Gasteiger partial charge in [0, 0.05) is 22.8 Å². The molecule has 1 fully saturated rings. The lowest BCUT2D eigenvalue weighted by atomic mass is 10.1. The standard InChI is InChI=1S/C22H21FN6O/c23-16-2-4-17(5-3-16)26-22(30)21-19-11-14(1-6-20(19)27-28-21)15-12-25-29(13-15)18-7-9-24-10-8-18/h1-6,11-13,18,24H,7-10H2,(H,26,30)(H,27,28). The van der Waals surface area contributed by atoms with E-state index in [1.165, 1.54) is 24.3 Å². The number of carbonyl (C=O) groups is 1. The number of benzene rings is 2. The van der Waals surface area contributed by atoms with Crippen molar-refractivity contribution in [1.29, 1.82) is 0 Å². The van der Waals surface area contributed by atoms with Crippen LogP contribution < -0.4 is 10.6 Å². The zero-order valence-corrected chi connectivity index (χ0v) is 16.2. The number of carbonyl (C=O) groups excluding carboxylic acids is 1. The molecule has 0 atom stereocenters. The molecule has 3 N–H and O–H groups in total. The molecule has 0 saturated carbocycles. The molecule has 1 saturated heterocycles. The highest BCUT2D eigenvalue weighted by molar-refractivity contribution is 6.11. The predicted molar refractivity (Wildman–Crippen MR) is 113 cm³/mol. The molecule has 1 aliphatic rings. The lowest BCUT2D eigenvalue weighted by Crippen LogP contribution is -2.29. The Balaban J connectivity index is 1.42. The summed E-state index contributed by atoms with van der Waals surface area (Å²) >= 11 is 0. The molecule has 3 heterocycles. The van der Waals surface area contributed by atoms with Gasteiger partial charge in [-0.05, 0) is 67.9 Å². The minimum absolute atomic E-state index is 0.293. The van der Waals surface area contributed by atoms with E-state index in [4.69, 9.17) is 0 Å². The minimum Gasteiger partial charge on any atom is -0.321 e. The van der Waals surface area contributed by atoms with Gasteiger partial charge in [0.2, 0.25) is 0 Å². The zero-order valence-electron chi connectivity index (χ0n) is 16.2. The van der Waals surface area contributed by atoms with Gasteiger partial charge in [-0.1, -0.05) is 6.07 Å². The maximum absolute atomic E-state index is 13.1. The largest absolute Gasteiger partial charge is 0.321 e. The molecule has 0 aliphatic carbocycles. The van der Waals surface area contributed by atoms with Gasteiger partial charge in [-0.2, -0.15) is 10.2 Å². The summed E-state index contributed by atoms with van der Waals surface area (Å²) in [5.74, 6) is -0.705. The summed E-state index contributed by atoms with van der Waals surface area (Å²) < 4.78 is 15.1. The van der Waals surface area contributed by atoms with Crippen LogP contribution in [-0.2, 0) is 0 Å². The number of hydrogen-bond donors (Lipinski definition) is 3. The number of piperidine rings is 1. The zero-order chi connectivity index (χ0) is 20.5. The van der Waals surface area contributed by atoms with Crippen LogP contribution in [0.3, 0.4) is 0 Å². The van der Waals surface area contributed by atoms with Crippen molar-refractivity contribution in [2.75, 3.05) is 18.4 Å². The Bertz CT molecular complexity index is 1190. The molecule has 2 aromatic carbocycles. The topological polar surface area (TPSA) is 87.6 Å². The minimum atomic E-state index is -0.354. The SMILES string of the molecule is O=C(Nc1ccc(F)cc1)c1n[nH]c2ccc(-c3cnn(C4CCNCC4)c3)cc12. The number of halogens is 1. The van der Waals surface area contributed by atoms with Gasteiger partial charge in [0.1, 0.15) is 5.82 Å². The second-order valence-electron chi connectivity index (χ2n) is 7.48. The Morgan fingerprint density at radius 1 is 1.10 bits per heavy atom. The van der Waals surface area contributed by atoms with E-state index in [2.05, 4.69) is 32.1 Å². The molecule has 4 aromatic rings. The molecule has 5 rings (SSSR count). The molecule has 1 amide bonds. The number of nitrogens with one attached hydrogen (secondary N) is 3. The molecule has 2 aromatic heterocycles. The monoisotopic (exact) mass is 404 g/mol. The van der Waals surface area contributed by atoms with E-state index in [-0.39, 0.29) is 11.7 Å². The Labute approximate surface area is 172 Å². The van der Waals surface area contributed by atoms with Crippen LogP contribution >= 0.6 is 0 Å². The van der Waals surface area contributed by atoms with E-state index in [9.17, 15) is 9.18 Å². The van der Waals surface area contributed by atoms with Crippen LogP contribution in [0.5, 0.6) is 0 Å². The first-order chi connectivity index (χ1) is 14.7. The number of nitrogens with zero attached hydrogens (tertiary/aromatic N) is 3. The third-order valence-electron chi connectivity index (χ3n) is 5.50. The fraction of sp³-hybridized carbons (Fsp3) is 0.227. The van der Waals surface area contributed by atoms with Gasteiger partial charge < -0.3 is 10.6 Å². The lowest BCUT2D eigenvalue weighted by molar-refractivity contribution is 0.102. The van der Waals surface area contributed by atoms with E-state index in [0.29, 0.717) is 17.4 Å². The smallest absolute Gasteiger partial charge is 0.276 e. The molecule has 1 aliphatic heterocycles. The molecule has 0 radical (unpaired) electrons. The first kappa shape index (κ1) is 18.5. The number of hydrogen-bond acceptors (Lipinski definition) is 4. The van der Waals surface area contributed by atoms with E-state index in [1.807, 2.05) is 29.1 Å². The van der Waals surface area contributed by atoms with Crippen LogP contribution in [-0.4, -0.2) is 39.0 Å². The van der Waals surface area contributed by atoms with Gasteiger partial charge >= 0.3 is 0 Å². The summed E-state index contributed by atoms with van der Waals surface area (Å²) in [4.78, 5) is 12.7. The number of fused-ring (bicyclic) bond motifs is 1. The summed E-state index contributed by atoms with van der Waals surface area (Å²) in [7, 11) is 0. The van der Waals surface area contributed by atoms with Crippen molar-refractivity contribution in [3.05, 3.63) is 66.4 Å². The number of anilines is 1. The number of amides is 1. The van der Waals surface area contributed by atoms with E-state index in [0.717, 1.165) is 48.0 Å². The van der Waals surface area contributed by atoms with Crippen molar-refractivity contribution in [3.8, 4) is 11.1 Å². The highest BCUT2D eigenvalue weighted by Gasteiger charge is 2.18. The highest BCUT2D eigenvalue weighted by Crippen LogP contribution is 2.27. The molecule has 152 valence electrons. The van der Waals surface area contributed by atoms with Gasteiger partial charge in [-0.15, -0.1) is 0 Å². The van der Waals surface area contributed by atoms with Crippen LogP contribution in [0.4, 0.5) is 10.1 Å². The Morgan fingerprint density at radius 2 is 1.90 bits per heavy atom. The molecule has 7 nitrogen and oxygen atoms in total. The van der Waals surface area contributed by atoms with Crippen molar-refractivity contribution in [3.63, 3.8) is 0 Å². The van der Waals surface area contributed by atoms with Crippen LogP contribution in [0.1, 0.15) is 29.4 Å². The van der Waals surface area contributed by atoms with Crippen molar-refractivity contribution >= 4 is 22.5 Å². The molecule has 0 bridgehead atoms. The van der Waals surface area contributed by atoms with Crippen LogP contribution in [0.2, 0.25) is 0 Å². The molecular weight excluding hydrogens is 383 g/mol. The fourth-order valence-corrected chi connectivity index (χ4v) is 3.85. The fourth-order valence-electron chi connectivity index (χ4n) is 3.85. The first-order valence-electron chi connectivity index (χ1n) is 9.98. The summed E-state index contributed by atoms with van der Waals surface area (Å²) in [6.45, 7) is 2.01. The quantitative estimate of drug-likeness (QED) is 0.484. The van der Waals surface area contributed by atoms with Crippen molar-refractivity contribution in [2.24, 2.45) is 0 Å². The van der Waals surface area contributed by atoms with Crippen molar-refractivity contribution < 1.29 is 9.18 Å². The average molecular weight is 404 g/mol. The second kappa shape index (κ2) is 7.72.